The first-order chi connectivity index (χ1) is 7.49. The number of hydrogen-bond donors (Lipinski definition) is 2. The van der Waals surface area contributed by atoms with E-state index in [1.807, 2.05) is 6.92 Å². The van der Waals surface area contributed by atoms with Gasteiger partial charge in [0.25, 0.3) is 0 Å². The molecule has 1 aliphatic rings. The average molecular weight is 219 g/mol. The van der Waals surface area contributed by atoms with Crippen molar-refractivity contribution in [2.75, 3.05) is 5.32 Å². The van der Waals surface area contributed by atoms with Crippen LogP contribution in [0.25, 0.3) is 0 Å². The summed E-state index contributed by atoms with van der Waals surface area (Å²) in [4.78, 5) is 0. The zero-order valence-electron chi connectivity index (χ0n) is 10.3. The van der Waals surface area contributed by atoms with E-state index in [2.05, 4.69) is 43.4 Å². The molecule has 1 fully saturated rings. The molecule has 2 nitrogen and oxygen atoms in total. The molecule has 2 heteroatoms. The maximum atomic E-state index is 9.91. The lowest BCUT2D eigenvalue weighted by atomic mass is 9.76. The summed E-state index contributed by atoms with van der Waals surface area (Å²) in [6, 6.07) is 8.71. The van der Waals surface area contributed by atoms with Crippen molar-refractivity contribution in [1.82, 2.24) is 0 Å². The van der Waals surface area contributed by atoms with Gasteiger partial charge in [-0.25, -0.2) is 0 Å². The number of rotatable bonds is 3. The second-order valence-electron chi connectivity index (χ2n) is 5.37. The smallest absolute Gasteiger partial charge is 0.0820 e. The zero-order chi connectivity index (χ0) is 11.8. The Morgan fingerprint density at radius 3 is 2.31 bits per heavy atom. The van der Waals surface area contributed by atoms with Crippen molar-refractivity contribution < 1.29 is 5.11 Å². The van der Waals surface area contributed by atoms with Crippen molar-refractivity contribution >= 4 is 5.69 Å². The molecule has 0 bridgehead atoms. The molecule has 0 unspecified atom stereocenters. The molecule has 0 heterocycles. The van der Waals surface area contributed by atoms with E-state index >= 15 is 0 Å². The lowest BCUT2D eigenvalue weighted by Gasteiger charge is -2.43. The third-order valence-corrected chi connectivity index (χ3v) is 3.61. The Kier molecular flexibility index (Phi) is 2.94. The molecular formula is C14H21NO. The lowest BCUT2D eigenvalue weighted by Crippen LogP contribution is -2.53. The summed E-state index contributed by atoms with van der Waals surface area (Å²) in [7, 11) is 0. The first-order valence-corrected chi connectivity index (χ1v) is 6.08. The summed E-state index contributed by atoms with van der Waals surface area (Å²) < 4.78 is 0. The van der Waals surface area contributed by atoms with Gasteiger partial charge in [-0.2, -0.15) is 0 Å². The third kappa shape index (κ3) is 2.22. The van der Waals surface area contributed by atoms with E-state index in [9.17, 15) is 5.11 Å². The predicted molar refractivity (Wildman–Crippen MR) is 67.8 cm³/mol. The van der Waals surface area contributed by atoms with Gasteiger partial charge in [0.2, 0.25) is 0 Å². The van der Waals surface area contributed by atoms with Gasteiger partial charge in [-0.3, -0.25) is 0 Å². The van der Waals surface area contributed by atoms with Gasteiger partial charge >= 0.3 is 0 Å². The van der Waals surface area contributed by atoms with Crippen LogP contribution < -0.4 is 5.32 Å². The van der Waals surface area contributed by atoms with E-state index in [-0.39, 0.29) is 6.04 Å². The maximum Gasteiger partial charge on any atom is 0.0820 e. The van der Waals surface area contributed by atoms with Gasteiger partial charge in [-0.15, -0.1) is 0 Å². The van der Waals surface area contributed by atoms with Crippen LogP contribution in [-0.4, -0.2) is 16.7 Å². The van der Waals surface area contributed by atoms with Gasteiger partial charge in [0.15, 0.2) is 0 Å². The normalized spacial score (nSPS) is 28.9. The Morgan fingerprint density at radius 2 is 1.94 bits per heavy atom. The van der Waals surface area contributed by atoms with Gasteiger partial charge in [0.05, 0.1) is 11.6 Å². The topological polar surface area (TPSA) is 32.3 Å². The Morgan fingerprint density at radius 1 is 1.31 bits per heavy atom. The number of aliphatic hydroxyl groups is 1. The highest BCUT2D eigenvalue weighted by Gasteiger charge is 2.40. The Bertz CT molecular complexity index is 354. The van der Waals surface area contributed by atoms with Crippen molar-refractivity contribution in [2.24, 2.45) is 0 Å². The van der Waals surface area contributed by atoms with E-state index in [1.54, 1.807) is 0 Å². The summed E-state index contributed by atoms with van der Waals surface area (Å²) in [5.41, 5.74) is 1.93. The molecular weight excluding hydrogens is 198 g/mol. The van der Waals surface area contributed by atoms with Crippen LogP contribution in [0, 0.1) is 0 Å². The second-order valence-corrected chi connectivity index (χ2v) is 5.37. The number of hydrogen-bond acceptors (Lipinski definition) is 2. The molecule has 1 aromatic rings. The summed E-state index contributed by atoms with van der Waals surface area (Å²) in [6.07, 6.45) is 1.95. The highest BCUT2D eigenvalue weighted by Crippen LogP contribution is 2.34. The van der Waals surface area contributed by atoms with E-state index in [0.717, 1.165) is 18.5 Å². The molecule has 0 radical (unpaired) electrons. The average Bonchev–Trinajstić information content (AvgIpc) is 2.25. The fraction of sp³-hybridized carbons (Fsp3) is 0.571. The number of anilines is 1. The quantitative estimate of drug-likeness (QED) is 0.818. The van der Waals surface area contributed by atoms with Gasteiger partial charge in [-0.05, 0) is 43.4 Å². The number of benzene rings is 1. The Balaban J connectivity index is 2.00. The summed E-state index contributed by atoms with van der Waals surface area (Å²) in [5.74, 6) is 0.570. The first kappa shape index (κ1) is 11.5. The Labute approximate surface area is 97.7 Å². The fourth-order valence-electron chi connectivity index (χ4n) is 2.10. The third-order valence-electron chi connectivity index (χ3n) is 3.61. The van der Waals surface area contributed by atoms with Crippen LogP contribution in [0.4, 0.5) is 5.69 Å². The van der Waals surface area contributed by atoms with Crippen molar-refractivity contribution in [1.29, 1.82) is 0 Å². The molecule has 2 atom stereocenters. The lowest BCUT2D eigenvalue weighted by molar-refractivity contribution is -0.0286. The maximum absolute atomic E-state index is 9.91. The van der Waals surface area contributed by atoms with Crippen LogP contribution in [0.2, 0.25) is 0 Å². The monoisotopic (exact) mass is 219 g/mol. The fourth-order valence-corrected chi connectivity index (χ4v) is 2.10. The largest absolute Gasteiger partial charge is 0.388 e. The molecule has 2 rings (SSSR count). The van der Waals surface area contributed by atoms with Crippen molar-refractivity contribution in [3.05, 3.63) is 29.8 Å². The van der Waals surface area contributed by atoms with E-state index in [0.29, 0.717) is 5.92 Å². The van der Waals surface area contributed by atoms with Gasteiger partial charge in [0.1, 0.15) is 0 Å². The SMILES string of the molecule is CC(C)c1ccc(N[C@H]2CC[C@]2(C)O)cc1. The molecule has 0 aliphatic heterocycles. The minimum absolute atomic E-state index is 0.206. The van der Waals surface area contributed by atoms with Crippen molar-refractivity contribution in [3.63, 3.8) is 0 Å². The molecule has 88 valence electrons. The van der Waals surface area contributed by atoms with Gasteiger partial charge in [-0.1, -0.05) is 26.0 Å². The number of nitrogens with one attached hydrogen (secondary N) is 1. The molecule has 2 N–H and O–H groups in total. The molecule has 0 saturated heterocycles. The molecule has 16 heavy (non-hydrogen) atoms. The molecule has 0 amide bonds. The minimum Gasteiger partial charge on any atom is -0.388 e. The van der Waals surface area contributed by atoms with Crippen LogP contribution in [0.15, 0.2) is 24.3 Å². The van der Waals surface area contributed by atoms with Crippen LogP contribution >= 0.6 is 0 Å². The van der Waals surface area contributed by atoms with Crippen molar-refractivity contribution in [3.8, 4) is 0 Å². The summed E-state index contributed by atoms with van der Waals surface area (Å²) >= 11 is 0. The van der Waals surface area contributed by atoms with E-state index in [4.69, 9.17) is 0 Å². The van der Waals surface area contributed by atoms with Crippen LogP contribution in [-0.2, 0) is 0 Å². The molecule has 0 spiro atoms. The standard InChI is InChI=1S/C14H21NO/c1-10(2)11-4-6-12(7-5-11)15-13-8-9-14(13,3)16/h4-7,10,13,15-16H,8-9H2,1-3H3/t13-,14-/m0/s1. The van der Waals surface area contributed by atoms with E-state index < -0.39 is 5.60 Å². The van der Waals surface area contributed by atoms with Gasteiger partial charge in [0, 0.05) is 5.69 Å². The van der Waals surface area contributed by atoms with E-state index in [1.165, 1.54) is 5.56 Å². The summed E-state index contributed by atoms with van der Waals surface area (Å²) in [6.45, 7) is 6.29. The zero-order valence-corrected chi connectivity index (χ0v) is 10.3. The summed E-state index contributed by atoms with van der Waals surface area (Å²) in [5, 5.41) is 13.3. The van der Waals surface area contributed by atoms with Gasteiger partial charge < -0.3 is 10.4 Å². The highest BCUT2D eigenvalue weighted by atomic mass is 16.3. The van der Waals surface area contributed by atoms with Crippen LogP contribution in [0.3, 0.4) is 0 Å². The Hall–Kier alpha value is -1.02. The first-order valence-electron chi connectivity index (χ1n) is 6.08. The molecule has 1 aliphatic carbocycles. The minimum atomic E-state index is -0.531. The van der Waals surface area contributed by atoms with Crippen LogP contribution in [0.5, 0.6) is 0 Å². The molecule has 0 aromatic heterocycles. The molecule has 1 saturated carbocycles. The predicted octanol–water partition coefficient (Wildman–Crippen LogP) is 3.14. The second kappa shape index (κ2) is 4.10. The highest BCUT2D eigenvalue weighted by molar-refractivity contribution is 5.47. The van der Waals surface area contributed by atoms with Crippen LogP contribution in [0.1, 0.15) is 45.1 Å². The molecule has 1 aromatic carbocycles. The van der Waals surface area contributed by atoms with Crippen molar-refractivity contribution in [2.45, 2.75) is 51.2 Å².